The van der Waals surface area contributed by atoms with E-state index < -0.39 is 5.82 Å². The van der Waals surface area contributed by atoms with E-state index in [1.165, 1.54) is 12.1 Å². The maximum Gasteiger partial charge on any atom is 0.222 e. The van der Waals surface area contributed by atoms with E-state index in [0.29, 0.717) is 5.52 Å². The minimum Gasteiger partial charge on any atom is -0.360 e. The Morgan fingerprint density at radius 1 is 1.46 bits per heavy atom. The molecular weight excluding hydrogens is 235 g/mol. The molecule has 0 fully saturated rings. The lowest BCUT2D eigenvalue weighted by Crippen LogP contribution is -1.74. The van der Waals surface area contributed by atoms with Gasteiger partial charge in [0, 0.05) is 21.6 Å². The summed E-state index contributed by atoms with van der Waals surface area (Å²) in [5, 5.41) is 0.826. The maximum atomic E-state index is 13.1. The van der Waals surface area contributed by atoms with Crippen LogP contribution < -0.4 is 0 Å². The van der Waals surface area contributed by atoms with Gasteiger partial charge in [-0.05, 0) is 28.1 Å². The van der Waals surface area contributed by atoms with Crippen LogP contribution in [0.3, 0.4) is 0 Å². The number of benzene rings is 1. The molecule has 64 valence electrons. The highest BCUT2D eigenvalue weighted by Crippen LogP contribution is 2.29. The minimum atomic E-state index is -0.489. The lowest BCUT2D eigenvalue weighted by atomic mass is 10.2. The zero-order valence-corrected chi connectivity index (χ0v) is 8.02. The summed E-state index contributed by atoms with van der Waals surface area (Å²) in [6, 6.07) is 2.85. The van der Waals surface area contributed by atoms with Gasteiger partial charge in [0.1, 0.15) is 5.82 Å². The van der Waals surface area contributed by atoms with Crippen LogP contribution in [0.1, 0.15) is 0 Å². The summed E-state index contributed by atoms with van der Waals surface area (Å²) in [5.41, 5.74) is 0.740. The summed E-state index contributed by atoms with van der Waals surface area (Å²) in [6.07, 6.45) is 1.72. The highest BCUT2D eigenvalue weighted by Gasteiger charge is 2.07. The van der Waals surface area contributed by atoms with Crippen LogP contribution in [0.25, 0.3) is 15.7 Å². The number of halogens is 2. The Morgan fingerprint density at radius 2 is 2.23 bits per heavy atom. The number of fused-ring (bicyclic) bond motifs is 1. The molecule has 0 spiro atoms. The van der Waals surface area contributed by atoms with Crippen molar-refractivity contribution in [1.29, 1.82) is 0 Å². The van der Waals surface area contributed by atoms with E-state index in [9.17, 15) is 4.39 Å². The molecule has 0 amide bonds. The van der Waals surface area contributed by atoms with E-state index >= 15 is 0 Å². The first kappa shape index (κ1) is 8.27. The average molecular weight is 239 g/mol. The lowest BCUT2D eigenvalue weighted by molar-refractivity contribution is 0.635. The van der Waals surface area contributed by atoms with Crippen molar-refractivity contribution in [2.24, 2.45) is 0 Å². The molecule has 0 saturated heterocycles. The van der Waals surface area contributed by atoms with Gasteiger partial charge in [0.15, 0.2) is 0 Å². The number of nitrogens with one attached hydrogen (secondary N) is 1. The normalized spacial score (nSPS) is 10.2. The first-order valence-corrected chi connectivity index (χ1v) is 4.35. The van der Waals surface area contributed by atoms with Crippen LogP contribution in [-0.2, 0) is 0 Å². The van der Waals surface area contributed by atoms with Gasteiger partial charge in [-0.15, -0.1) is 0 Å². The van der Waals surface area contributed by atoms with Crippen LogP contribution >= 0.6 is 15.9 Å². The number of H-pyrrole nitrogens is 1. The van der Waals surface area contributed by atoms with Gasteiger partial charge in [-0.3, -0.25) is 0 Å². The molecule has 0 radical (unpaired) electrons. The van der Waals surface area contributed by atoms with Crippen molar-refractivity contribution in [2.45, 2.75) is 0 Å². The van der Waals surface area contributed by atoms with E-state index in [1.807, 2.05) is 0 Å². The number of aromatic amines is 1. The number of rotatable bonds is 0. The number of hydrogen-bond donors (Lipinski definition) is 1. The van der Waals surface area contributed by atoms with Gasteiger partial charge in [0.05, 0.1) is 6.57 Å². The summed E-state index contributed by atoms with van der Waals surface area (Å²) in [4.78, 5) is 5.97. The molecule has 0 aliphatic carbocycles. The fourth-order valence-corrected chi connectivity index (χ4v) is 1.63. The van der Waals surface area contributed by atoms with Crippen LogP contribution in [-0.4, -0.2) is 4.98 Å². The van der Waals surface area contributed by atoms with Crippen molar-refractivity contribution < 1.29 is 4.39 Å². The Morgan fingerprint density at radius 3 is 2.92 bits per heavy atom. The second kappa shape index (κ2) is 2.86. The van der Waals surface area contributed by atoms with E-state index in [0.717, 1.165) is 9.86 Å². The third-order valence-electron chi connectivity index (χ3n) is 1.82. The molecule has 2 nitrogen and oxygen atoms in total. The Labute approximate surface area is 82.3 Å². The Kier molecular flexibility index (Phi) is 1.82. The zero-order valence-electron chi connectivity index (χ0n) is 6.44. The third kappa shape index (κ3) is 1.21. The average Bonchev–Trinajstić information content (AvgIpc) is 2.46. The fraction of sp³-hybridized carbons (Fsp3) is 0. The first-order chi connectivity index (χ1) is 6.22. The molecule has 0 aliphatic rings. The minimum absolute atomic E-state index is 0.0489. The molecule has 4 heteroatoms. The molecule has 0 unspecified atom stereocenters. The first-order valence-electron chi connectivity index (χ1n) is 3.56. The van der Waals surface area contributed by atoms with Gasteiger partial charge in [-0.1, -0.05) is 0 Å². The molecule has 1 aromatic carbocycles. The predicted molar refractivity (Wildman–Crippen MR) is 52.2 cm³/mol. The second-order valence-corrected chi connectivity index (χ2v) is 3.45. The quantitative estimate of drug-likeness (QED) is 0.677. The smallest absolute Gasteiger partial charge is 0.222 e. The van der Waals surface area contributed by atoms with E-state index in [4.69, 9.17) is 6.57 Å². The molecule has 1 heterocycles. The van der Waals surface area contributed by atoms with Crippen LogP contribution in [0.15, 0.2) is 22.8 Å². The fourth-order valence-electron chi connectivity index (χ4n) is 1.18. The Balaban J connectivity index is 2.86. The Hall–Kier alpha value is -1.34. The molecule has 2 aromatic rings. The van der Waals surface area contributed by atoms with E-state index in [1.54, 1.807) is 6.20 Å². The van der Waals surface area contributed by atoms with Crippen molar-refractivity contribution >= 4 is 32.5 Å². The molecule has 2 rings (SSSR count). The van der Waals surface area contributed by atoms with Gasteiger partial charge >= 0.3 is 0 Å². The predicted octanol–water partition coefficient (Wildman–Crippen LogP) is 3.62. The highest BCUT2D eigenvalue weighted by molar-refractivity contribution is 9.10. The van der Waals surface area contributed by atoms with Crippen LogP contribution in [0, 0.1) is 12.4 Å². The van der Waals surface area contributed by atoms with Crippen molar-refractivity contribution in [1.82, 2.24) is 4.98 Å². The summed E-state index contributed by atoms with van der Waals surface area (Å²) in [7, 11) is 0. The van der Waals surface area contributed by atoms with Crippen molar-refractivity contribution in [3.8, 4) is 0 Å². The van der Waals surface area contributed by atoms with E-state index in [2.05, 4.69) is 25.8 Å². The Bertz CT molecular complexity index is 510. The second-order valence-electron chi connectivity index (χ2n) is 2.60. The van der Waals surface area contributed by atoms with Crippen molar-refractivity contribution in [2.75, 3.05) is 0 Å². The van der Waals surface area contributed by atoms with Crippen molar-refractivity contribution in [3.63, 3.8) is 0 Å². The van der Waals surface area contributed by atoms with Crippen molar-refractivity contribution in [3.05, 3.63) is 40.0 Å². The van der Waals surface area contributed by atoms with Crippen LogP contribution in [0.5, 0.6) is 0 Å². The summed E-state index contributed by atoms with van der Waals surface area (Å²) in [6.45, 7) is 6.74. The highest BCUT2D eigenvalue weighted by atomic mass is 79.9. The van der Waals surface area contributed by atoms with Gasteiger partial charge in [0.25, 0.3) is 0 Å². The molecule has 0 saturated carbocycles. The van der Waals surface area contributed by atoms with Gasteiger partial charge in [0.2, 0.25) is 5.69 Å². The molecule has 0 bridgehead atoms. The number of aromatic nitrogens is 1. The zero-order chi connectivity index (χ0) is 9.42. The molecule has 0 aliphatic heterocycles. The largest absolute Gasteiger partial charge is 0.360 e. The summed E-state index contributed by atoms with van der Waals surface area (Å²) >= 11 is 3.30. The molecule has 0 atom stereocenters. The number of nitrogens with zero attached hydrogens (tertiary/aromatic N) is 1. The standard InChI is InChI=1S/C9H4BrFN2/c1-12-9-2-5-6(10)4-13-8(5)3-7(9)11/h2-4,13H. The third-order valence-corrected chi connectivity index (χ3v) is 2.48. The van der Waals surface area contributed by atoms with Gasteiger partial charge < -0.3 is 4.98 Å². The van der Waals surface area contributed by atoms with Crippen LogP contribution in [0.4, 0.5) is 10.1 Å². The lowest BCUT2D eigenvalue weighted by Gasteiger charge is -1.94. The maximum absolute atomic E-state index is 13.1. The molecular formula is C9H4BrFN2. The summed E-state index contributed by atoms with van der Waals surface area (Å²) in [5.74, 6) is -0.489. The topological polar surface area (TPSA) is 20.1 Å². The van der Waals surface area contributed by atoms with Gasteiger partial charge in [-0.2, -0.15) is 0 Å². The van der Waals surface area contributed by atoms with Gasteiger partial charge in [-0.25, -0.2) is 9.24 Å². The van der Waals surface area contributed by atoms with Crippen LogP contribution in [0.2, 0.25) is 0 Å². The molecule has 1 aromatic heterocycles. The SMILES string of the molecule is [C-]#[N+]c1cc2c(Br)c[nH]c2cc1F. The summed E-state index contributed by atoms with van der Waals surface area (Å²) < 4.78 is 13.9. The molecule has 1 N–H and O–H groups in total. The van der Waals surface area contributed by atoms with E-state index in [-0.39, 0.29) is 5.69 Å². The number of hydrogen-bond acceptors (Lipinski definition) is 0. The molecule has 13 heavy (non-hydrogen) atoms. The monoisotopic (exact) mass is 238 g/mol.